The molecule has 2 aliphatic rings. The van der Waals surface area contributed by atoms with Crippen molar-refractivity contribution in [1.82, 2.24) is 15.5 Å². The lowest BCUT2D eigenvalue weighted by Crippen LogP contribution is -2.52. The molecular formula is C23H39N3O4. The van der Waals surface area contributed by atoms with Crippen LogP contribution < -0.4 is 10.6 Å². The van der Waals surface area contributed by atoms with Crippen LogP contribution in [0.25, 0.3) is 0 Å². The highest BCUT2D eigenvalue weighted by molar-refractivity contribution is 5.97. The Labute approximate surface area is 180 Å². The molecule has 1 aliphatic carbocycles. The number of carbonyl (C=O) groups excluding carboxylic acids is 3. The van der Waals surface area contributed by atoms with Crippen molar-refractivity contribution in [1.29, 1.82) is 0 Å². The number of carbonyl (C=O) groups is 3. The number of hydrogen-bond acceptors (Lipinski definition) is 4. The number of fused-ring (bicyclic) bond motifs is 1. The Morgan fingerprint density at radius 1 is 1.20 bits per heavy atom. The summed E-state index contributed by atoms with van der Waals surface area (Å²) in [5.41, 5.74) is 0. The number of rotatable bonds is 10. The fourth-order valence-corrected chi connectivity index (χ4v) is 5.07. The van der Waals surface area contributed by atoms with Gasteiger partial charge in [0, 0.05) is 19.5 Å². The van der Waals surface area contributed by atoms with E-state index in [1.54, 1.807) is 11.9 Å². The smallest absolute Gasteiger partial charge is 0.243 e. The SMILES string of the molecule is CCCCNC(=O)[C@@H]1[C@H]2C=C[C@@H](CC)[C@@H](C(=O)NC)[C@@H]2C(=O)N1[C@@H](CO)CC(C)C. The first-order valence-electron chi connectivity index (χ1n) is 11.4. The molecule has 0 aromatic heterocycles. The number of aliphatic hydroxyl groups is 1. The highest BCUT2D eigenvalue weighted by atomic mass is 16.3. The third-order valence-electron chi connectivity index (χ3n) is 6.51. The normalized spacial score (nSPS) is 29.1. The van der Waals surface area contributed by atoms with Crippen molar-refractivity contribution in [2.24, 2.45) is 29.6 Å². The summed E-state index contributed by atoms with van der Waals surface area (Å²) in [6, 6.07) is -1.14. The fourth-order valence-electron chi connectivity index (χ4n) is 5.07. The monoisotopic (exact) mass is 421 g/mol. The van der Waals surface area contributed by atoms with Crippen molar-refractivity contribution >= 4 is 17.7 Å². The van der Waals surface area contributed by atoms with E-state index in [4.69, 9.17) is 0 Å². The van der Waals surface area contributed by atoms with Gasteiger partial charge in [-0.1, -0.05) is 46.3 Å². The summed E-state index contributed by atoms with van der Waals surface area (Å²) < 4.78 is 0. The third-order valence-corrected chi connectivity index (χ3v) is 6.51. The van der Waals surface area contributed by atoms with Gasteiger partial charge in [0.2, 0.25) is 17.7 Å². The van der Waals surface area contributed by atoms with Crippen molar-refractivity contribution < 1.29 is 19.5 Å². The molecule has 7 nitrogen and oxygen atoms in total. The van der Waals surface area contributed by atoms with Crippen molar-refractivity contribution in [3.63, 3.8) is 0 Å². The zero-order valence-electron chi connectivity index (χ0n) is 19.1. The number of amides is 3. The number of aliphatic hydroxyl groups excluding tert-OH is 1. The van der Waals surface area contributed by atoms with Crippen LogP contribution in [-0.2, 0) is 14.4 Å². The molecule has 2 rings (SSSR count). The zero-order chi connectivity index (χ0) is 22.4. The van der Waals surface area contributed by atoms with Crippen LogP contribution in [0, 0.1) is 29.6 Å². The second-order valence-electron chi connectivity index (χ2n) is 9.00. The van der Waals surface area contributed by atoms with Crippen LogP contribution in [0.3, 0.4) is 0 Å². The lowest BCUT2D eigenvalue weighted by Gasteiger charge is -2.34. The van der Waals surface area contributed by atoms with E-state index in [-0.39, 0.29) is 42.1 Å². The first kappa shape index (κ1) is 24.4. The van der Waals surface area contributed by atoms with E-state index in [9.17, 15) is 19.5 Å². The lowest BCUT2D eigenvalue weighted by molar-refractivity contribution is -0.143. The van der Waals surface area contributed by atoms with E-state index >= 15 is 0 Å². The molecule has 1 fully saturated rings. The Bertz CT molecular complexity index is 648. The van der Waals surface area contributed by atoms with E-state index in [1.807, 2.05) is 32.9 Å². The van der Waals surface area contributed by atoms with Gasteiger partial charge in [0.1, 0.15) is 6.04 Å². The fraction of sp³-hybridized carbons (Fsp3) is 0.783. The van der Waals surface area contributed by atoms with Gasteiger partial charge in [-0.25, -0.2) is 0 Å². The van der Waals surface area contributed by atoms with Crippen LogP contribution in [0.5, 0.6) is 0 Å². The molecule has 6 atom stereocenters. The Morgan fingerprint density at radius 2 is 1.90 bits per heavy atom. The summed E-state index contributed by atoms with van der Waals surface area (Å²) >= 11 is 0. The predicted octanol–water partition coefficient (Wildman–Crippen LogP) is 1.71. The molecular weight excluding hydrogens is 382 g/mol. The topological polar surface area (TPSA) is 98.7 Å². The van der Waals surface area contributed by atoms with Gasteiger partial charge in [-0.3, -0.25) is 14.4 Å². The maximum Gasteiger partial charge on any atom is 0.243 e. The summed E-state index contributed by atoms with van der Waals surface area (Å²) in [7, 11) is 1.59. The van der Waals surface area contributed by atoms with Gasteiger partial charge in [-0.2, -0.15) is 0 Å². The van der Waals surface area contributed by atoms with E-state index < -0.39 is 23.9 Å². The van der Waals surface area contributed by atoms with E-state index in [0.29, 0.717) is 13.0 Å². The third kappa shape index (κ3) is 4.88. The minimum absolute atomic E-state index is 0.0448. The molecule has 1 saturated heterocycles. The molecule has 0 aromatic rings. The second-order valence-corrected chi connectivity index (χ2v) is 9.00. The number of nitrogens with one attached hydrogen (secondary N) is 2. The Hall–Kier alpha value is -1.89. The molecule has 3 amide bonds. The van der Waals surface area contributed by atoms with Crippen molar-refractivity contribution in [2.45, 2.75) is 65.5 Å². The van der Waals surface area contributed by atoms with Crippen LogP contribution in [0.1, 0.15) is 53.4 Å². The van der Waals surface area contributed by atoms with Gasteiger partial charge in [-0.15, -0.1) is 0 Å². The zero-order valence-corrected chi connectivity index (χ0v) is 19.1. The molecule has 0 spiro atoms. The minimum Gasteiger partial charge on any atom is -0.394 e. The highest BCUT2D eigenvalue weighted by Crippen LogP contribution is 2.46. The maximum atomic E-state index is 13.7. The first-order chi connectivity index (χ1) is 14.3. The second kappa shape index (κ2) is 10.9. The van der Waals surface area contributed by atoms with Gasteiger partial charge in [0.05, 0.1) is 24.5 Å². The Morgan fingerprint density at radius 3 is 2.43 bits per heavy atom. The van der Waals surface area contributed by atoms with Crippen LogP contribution in [0.4, 0.5) is 0 Å². The number of hydrogen-bond donors (Lipinski definition) is 3. The lowest BCUT2D eigenvalue weighted by atomic mass is 9.69. The number of unbranched alkanes of at least 4 members (excludes halogenated alkanes) is 1. The van der Waals surface area contributed by atoms with Gasteiger partial charge >= 0.3 is 0 Å². The number of likely N-dealkylation sites (tertiary alicyclic amines) is 1. The van der Waals surface area contributed by atoms with Crippen LogP contribution in [0.2, 0.25) is 0 Å². The molecule has 0 radical (unpaired) electrons. The molecule has 7 heteroatoms. The van der Waals surface area contributed by atoms with E-state index in [2.05, 4.69) is 17.6 Å². The van der Waals surface area contributed by atoms with Gasteiger partial charge in [0.25, 0.3) is 0 Å². The highest BCUT2D eigenvalue weighted by Gasteiger charge is 2.58. The molecule has 0 bridgehead atoms. The molecule has 3 N–H and O–H groups in total. The van der Waals surface area contributed by atoms with Crippen LogP contribution in [0.15, 0.2) is 12.2 Å². The Kier molecular flexibility index (Phi) is 8.89. The molecule has 0 saturated carbocycles. The van der Waals surface area contributed by atoms with Gasteiger partial charge in [-0.05, 0) is 31.1 Å². The van der Waals surface area contributed by atoms with Gasteiger partial charge < -0.3 is 20.6 Å². The van der Waals surface area contributed by atoms with Crippen molar-refractivity contribution in [3.8, 4) is 0 Å². The van der Waals surface area contributed by atoms with Crippen LogP contribution >= 0.6 is 0 Å². The summed E-state index contributed by atoms with van der Waals surface area (Å²) in [4.78, 5) is 41.3. The van der Waals surface area contributed by atoms with Crippen molar-refractivity contribution in [2.75, 3.05) is 20.2 Å². The summed E-state index contributed by atoms with van der Waals surface area (Å²) in [5, 5.41) is 15.8. The van der Waals surface area contributed by atoms with Gasteiger partial charge in [0.15, 0.2) is 0 Å². The Balaban J connectivity index is 2.47. The molecule has 0 aromatic carbocycles. The number of allylic oxidation sites excluding steroid dienone is 1. The average molecular weight is 422 g/mol. The summed E-state index contributed by atoms with van der Waals surface area (Å²) in [6.45, 7) is 8.49. The van der Waals surface area contributed by atoms with E-state index in [0.717, 1.165) is 19.3 Å². The summed E-state index contributed by atoms with van der Waals surface area (Å²) in [5.74, 6) is -1.78. The standard InChI is InChI=1S/C23H39N3O4/c1-6-8-11-25-22(29)20-17-10-9-15(7-2)18(21(28)24-5)19(17)23(30)26(20)16(13-27)12-14(3)4/h9-10,14-20,27H,6-8,11-13H2,1-5H3,(H,24,28)(H,25,29)/t15-,16-,17+,18-,19-,20+/m1/s1. The first-order valence-corrected chi connectivity index (χ1v) is 11.4. The maximum absolute atomic E-state index is 13.7. The molecule has 0 unspecified atom stereocenters. The molecule has 1 aliphatic heterocycles. The molecule has 1 heterocycles. The molecule has 30 heavy (non-hydrogen) atoms. The summed E-state index contributed by atoms with van der Waals surface area (Å²) in [6.07, 6.45) is 7.14. The quantitative estimate of drug-likeness (QED) is 0.369. The average Bonchev–Trinajstić information content (AvgIpc) is 3.03. The molecule has 170 valence electrons. The van der Waals surface area contributed by atoms with Crippen molar-refractivity contribution in [3.05, 3.63) is 12.2 Å². The van der Waals surface area contributed by atoms with Crippen LogP contribution in [-0.4, -0.2) is 60.0 Å². The largest absolute Gasteiger partial charge is 0.394 e. The predicted molar refractivity (Wildman–Crippen MR) is 116 cm³/mol. The van der Waals surface area contributed by atoms with E-state index in [1.165, 1.54) is 0 Å². The minimum atomic E-state index is -0.698. The number of nitrogens with zero attached hydrogens (tertiary/aromatic N) is 1.